The van der Waals surface area contributed by atoms with E-state index in [1.807, 2.05) is 42.5 Å². The zero-order valence-corrected chi connectivity index (χ0v) is 18.8. The van der Waals surface area contributed by atoms with Crippen LogP contribution in [0.15, 0.2) is 109 Å². The second kappa shape index (κ2) is 8.78. The van der Waals surface area contributed by atoms with Gasteiger partial charge in [0, 0.05) is 33.7 Å². The van der Waals surface area contributed by atoms with E-state index in [0.717, 1.165) is 33.4 Å². The molecule has 0 amide bonds. The van der Waals surface area contributed by atoms with Gasteiger partial charge in [-0.2, -0.15) is 0 Å². The summed E-state index contributed by atoms with van der Waals surface area (Å²) in [7, 11) is 0. The molecule has 1 heterocycles. The van der Waals surface area contributed by atoms with Crippen molar-refractivity contribution in [3.05, 3.63) is 113 Å². The van der Waals surface area contributed by atoms with E-state index in [2.05, 4.69) is 99.3 Å². The molecule has 5 aromatic rings. The smallest absolute Gasteiger partial charge is 0.194 e. The molecule has 0 radical (unpaired) electrons. The molecular formula is C27H18IN3. The highest BCUT2D eigenvalue weighted by atomic mass is 127. The minimum Gasteiger partial charge on any atom is -0.208 e. The van der Waals surface area contributed by atoms with Gasteiger partial charge in [0.25, 0.3) is 0 Å². The SMILES string of the molecule is Ic1nc(-c2ccccc2)nc(-c2cc(-c3ccccc3)cc(-c3ccccc3)c2)n1. The molecule has 0 spiro atoms. The molecule has 0 unspecified atom stereocenters. The van der Waals surface area contributed by atoms with E-state index < -0.39 is 0 Å². The fourth-order valence-corrected chi connectivity index (χ4v) is 4.00. The standard InChI is InChI=1S/C27H18IN3/c28-27-30-25(21-14-8-3-9-15-21)29-26(31-27)24-17-22(19-10-4-1-5-11-19)16-23(18-24)20-12-6-2-7-13-20/h1-18H. The predicted molar refractivity (Wildman–Crippen MR) is 134 cm³/mol. The first kappa shape index (κ1) is 19.6. The predicted octanol–water partition coefficient (Wildman–Crippen LogP) is 7.14. The lowest BCUT2D eigenvalue weighted by Gasteiger charge is -2.11. The molecule has 0 N–H and O–H groups in total. The largest absolute Gasteiger partial charge is 0.208 e. The third kappa shape index (κ3) is 4.39. The zero-order chi connectivity index (χ0) is 21.0. The molecule has 31 heavy (non-hydrogen) atoms. The number of benzene rings is 4. The molecule has 1 aromatic heterocycles. The highest BCUT2D eigenvalue weighted by Crippen LogP contribution is 2.32. The average Bonchev–Trinajstić information content (AvgIpc) is 2.85. The van der Waals surface area contributed by atoms with Gasteiger partial charge in [0.15, 0.2) is 15.5 Å². The van der Waals surface area contributed by atoms with E-state index in [9.17, 15) is 0 Å². The zero-order valence-electron chi connectivity index (χ0n) is 16.6. The number of hydrogen-bond acceptors (Lipinski definition) is 3. The summed E-state index contributed by atoms with van der Waals surface area (Å²) in [5.41, 5.74) is 6.54. The van der Waals surface area contributed by atoms with Gasteiger partial charge in [0.05, 0.1) is 0 Å². The van der Waals surface area contributed by atoms with E-state index in [1.54, 1.807) is 0 Å². The number of aromatic nitrogens is 3. The molecule has 3 nitrogen and oxygen atoms in total. The van der Waals surface area contributed by atoms with Crippen molar-refractivity contribution in [2.24, 2.45) is 0 Å². The van der Waals surface area contributed by atoms with Crippen molar-refractivity contribution in [2.45, 2.75) is 0 Å². The lowest BCUT2D eigenvalue weighted by atomic mass is 9.96. The Morgan fingerprint density at radius 1 is 0.387 bits per heavy atom. The van der Waals surface area contributed by atoms with Crippen LogP contribution in [0.3, 0.4) is 0 Å². The molecule has 0 saturated carbocycles. The van der Waals surface area contributed by atoms with Gasteiger partial charge in [0.2, 0.25) is 0 Å². The van der Waals surface area contributed by atoms with Gasteiger partial charge >= 0.3 is 0 Å². The van der Waals surface area contributed by atoms with Crippen LogP contribution in [0.4, 0.5) is 0 Å². The Morgan fingerprint density at radius 3 is 1.26 bits per heavy atom. The van der Waals surface area contributed by atoms with Crippen molar-refractivity contribution in [3.8, 4) is 45.0 Å². The van der Waals surface area contributed by atoms with Gasteiger partial charge in [0.1, 0.15) is 0 Å². The van der Waals surface area contributed by atoms with Crippen LogP contribution in [0, 0.1) is 3.83 Å². The first-order valence-electron chi connectivity index (χ1n) is 9.99. The minimum atomic E-state index is 0.674. The van der Waals surface area contributed by atoms with E-state index >= 15 is 0 Å². The van der Waals surface area contributed by atoms with Crippen molar-refractivity contribution in [1.29, 1.82) is 0 Å². The molecule has 5 rings (SSSR count). The van der Waals surface area contributed by atoms with Gasteiger partial charge in [-0.05, 0) is 40.5 Å². The van der Waals surface area contributed by atoms with Crippen molar-refractivity contribution < 1.29 is 0 Å². The Labute approximate surface area is 195 Å². The first-order chi connectivity index (χ1) is 15.3. The van der Waals surface area contributed by atoms with E-state index in [0.29, 0.717) is 15.5 Å². The van der Waals surface area contributed by atoms with Crippen LogP contribution in [0.5, 0.6) is 0 Å². The summed E-state index contributed by atoms with van der Waals surface area (Å²) in [6.45, 7) is 0. The minimum absolute atomic E-state index is 0.674. The van der Waals surface area contributed by atoms with Gasteiger partial charge < -0.3 is 0 Å². The Hall–Kier alpha value is -3.38. The Balaban J connectivity index is 1.70. The highest BCUT2D eigenvalue weighted by molar-refractivity contribution is 14.1. The maximum absolute atomic E-state index is 4.82. The number of rotatable bonds is 4. The average molecular weight is 511 g/mol. The van der Waals surface area contributed by atoms with Crippen LogP contribution in [0.25, 0.3) is 45.0 Å². The van der Waals surface area contributed by atoms with Crippen LogP contribution >= 0.6 is 22.6 Å². The van der Waals surface area contributed by atoms with E-state index in [1.165, 1.54) is 0 Å². The molecule has 4 aromatic carbocycles. The quantitative estimate of drug-likeness (QED) is 0.241. The Kier molecular flexibility index (Phi) is 5.54. The molecule has 148 valence electrons. The third-order valence-electron chi connectivity index (χ3n) is 5.05. The summed E-state index contributed by atoms with van der Waals surface area (Å²) in [5.74, 6) is 1.36. The fraction of sp³-hybridized carbons (Fsp3) is 0. The normalized spacial score (nSPS) is 10.7. The maximum Gasteiger partial charge on any atom is 0.194 e. The van der Waals surface area contributed by atoms with Crippen LogP contribution < -0.4 is 0 Å². The topological polar surface area (TPSA) is 38.7 Å². The maximum atomic E-state index is 4.82. The van der Waals surface area contributed by atoms with Gasteiger partial charge in [-0.25, -0.2) is 15.0 Å². The summed E-state index contributed by atoms with van der Waals surface area (Å²) in [5, 5.41) is 0. The molecule has 0 atom stereocenters. The monoisotopic (exact) mass is 511 g/mol. The van der Waals surface area contributed by atoms with Crippen molar-refractivity contribution in [1.82, 2.24) is 15.0 Å². The molecule has 0 aliphatic heterocycles. The van der Waals surface area contributed by atoms with Crippen molar-refractivity contribution >= 4 is 22.6 Å². The Bertz CT molecular complexity index is 1260. The summed E-state index contributed by atoms with van der Waals surface area (Å²) in [4.78, 5) is 14.0. The number of nitrogens with zero attached hydrogens (tertiary/aromatic N) is 3. The summed E-state index contributed by atoms with van der Waals surface area (Å²) >= 11 is 2.16. The molecule has 0 aliphatic carbocycles. The molecule has 4 heteroatoms. The molecule has 0 fully saturated rings. The second-order valence-electron chi connectivity index (χ2n) is 7.15. The molecular weight excluding hydrogens is 493 g/mol. The molecule has 0 bridgehead atoms. The third-order valence-corrected chi connectivity index (χ3v) is 5.53. The number of halogens is 1. The van der Waals surface area contributed by atoms with Crippen molar-refractivity contribution in [3.63, 3.8) is 0 Å². The van der Waals surface area contributed by atoms with Crippen LogP contribution in [0.2, 0.25) is 0 Å². The first-order valence-corrected chi connectivity index (χ1v) is 11.1. The van der Waals surface area contributed by atoms with Crippen LogP contribution in [0.1, 0.15) is 0 Å². The molecule has 0 saturated heterocycles. The lowest BCUT2D eigenvalue weighted by Crippen LogP contribution is -2.00. The van der Waals surface area contributed by atoms with Gasteiger partial charge in [-0.3, -0.25) is 0 Å². The van der Waals surface area contributed by atoms with Crippen molar-refractivity contribution in [2.75, 3.05) is 0 Å². The van der Waals surface area contributed by atoms with Gasteiger partial charge in [-0.15, -0.1) is 0 Å². The fourth-order valence-electron chi connectivity index (χ4n) is 3.55. The number of hydrogen-bond donors (Lipinski definition) is 0. The van der Waals surface area contributed by atoms with E-state index in [-0.39, 0.29) is 0 Å². The summed E-state index contributed by atoms with van der Waals surface area (Å²) < 4.78 is 0.674. The lowest BCUT2D eigenvalue weighted by molar-refractivity contribution is 1.02. The van der Waals surface area contributed by atoms with Crippen LogP contribution in [-0.2, 0) is 0 Å². The van der Waals surface area contributed by atoms with Gasteiger partial charge in [-0.1, -0.05) is 91.0 Å². The summed E-state index contributed by atoms with van der Waals surface area (Å²) in [6.07, 6.45) is 0. The van der Waals surface area contributed by atoms with Crippen LogP contribution in [-0.4, -0.2) is 15.0 Å². The summed E-state index contributed by atoms with van der Waals surface area (Å²) in [6, 6.07) is 37.4. The Morgan fingerprint density at radius 2 is 0.774 bits per heavy atom. The highest BCUT2D eigenvalue weighted by Gasteiger charge is 2.12. The second-order valence-corrected chi connectivity index (χ2v) is 8.11. The molecule has 0 aliphatic rings. The van der Waals surface area contributed by atoms with E-state index in [4.69, 9.17) is 4.98 Å².